The number of nitrogens with zero attached hydrogens (tertiary/aromatic N) is 2. The molecular weight excluding hydrogens is 821 g/mol. The molecule has 68 heavy (non-hydrogen) atoms. The Kier molecular flexibility index (Phi) is 9.54. The fourth-order valence-electron chi connectivity index (χ4n) is 10.5. The van der Waals surface area contributed by atoms with Gasteiger partial charge in [0.05, 0.1) is 27.8 Å². The zero-order valence-electron chi connectivity index (χ0n) is 37.3. The fraction of sp³-hybridized carbons (Fsp3) is 0. The standard InChI is InChI=1S/C66H44N2/c1-4-17-45(18-5-1)47-31-35-49(36-32-47)51-39-41-64-60(43-51)61-44-52(50-37-33-48(34-38-50)46-19-6-2-7-20-46)40-42-65(61)68(64)63-30-15-12-25-56(63)54-23-10-11-24-55(54)58-27-16-28-59-57-26-13-14-29-62(57)67(66(58)59)53-21-8-3-9-22-53/h1-44H. The van der Waals surface area contributed by atoms with E-state index in [1.54, 1.807) is 0 Å². The van der Waals surface area contributed by atoms with E-state index in [1.165, 1.54) is 99.3 Å². The molecule has 0 aliphatic heterocycles. The third-order valence-electron chi connectivity index (χ3n) is 13.8. The van der Waals surface area contributed by atoms with Gasteiger partial charge in [0.1, 0.15) is 0 Å². The molecule has 0 aliphatic rings. The molecule has 318 valence electrons. The van der Waals surface area contributed by atoms with Crippen molar-refractivity contribution in [2.75, 3.05) is 0 Å². The van der Waals surface area contributed by atoms with Crippen LogP contribution in [0.1, 0.15) is 0 Å². The highest BCUT2D eigenvalue weighted by molar-refractivity contribution is 6.15. The van der Waals surface area contributed by atoms with Gasteiger partial charge in [0, 0.05) is 38.4 Å². The zero-order chi connectivity index (χ0) is 45.0. The van der Waals surface area contributed by atoms with Crippen molar-refractivity contribution < 1.29 is 0 Å². The van der Waals surface area contributed by atoms with E-state index in [-0.39, 0.29) is 0 Å². The van der Waals surface area contributed by atoms with Crippen molar-refractivity contribution in [2.24, 2.45) is 0 Å². The molecule has 11 aromatic carbocycles. The Balaban J connectivity index is 1.00. The van der Waals surface area contributed by atoms with Crippen LogP contribution in [0, 0.1) is 0 Å². The summed E-state index contributed by atoms with van der Waals surface area (Å²) in [6.07, 6.45) is 0. The van der Waals surface area contributed by atoms with Crippen molar-refractivity contribution in [1.29, 1.82) is 0 Å². The third-order valence-corrected chi connectivity index (χ3v) is 13.8. The second-order valence-corrected chi connectivity index (χ2v) is 17.6. The van der Waals surface area contributed by atoms with Gasteiger partial charge in [-0.25, -0.2) is 0 Å². The summed E-state index contributed by atoms with van der Waals surface area (Å²) >= 11 is 0. The first-order valence-corrected chi connectivity index (χ1v) is 23.4. The smallest absolute Gasteiger partial charge is 0.0619 e. The van der Waals surface area contributed by atoms with E-state index in [4.69, 9.17) is 0 Å². The lowest BCUT2D eigenvalue weighted by Crippen LogP contribution is -1.99. The molecule has 13 aromatic rings. The summed E-state index contributed by atoms with van der Waals surface area (Å²) in [6.45, 7) is 0. The third kappa shape index (κ3) is 6.65. The van der Waals surface area contributed by atoms with Crippen LogP contribution in [0.3, 0.4) is 0 Å². The van der Waals surface area contributed by atoms with Gasteiger partial charge in [-0.05, 0) is 104 Å². The van der Waals surface area contributed by atoms with E-state index in [9.17, 15) is 0 Å². The number of para-hydroxylation sites is 4. The molecule has 0 amide bonds. The van der Waals surface area contributed by atoms with Crippen LogP contribution < -0.4 is 0 Å². The molecule has 0 saturated carbocycles. The lowest BCUT2D eigenvalue weighted by molar-refractivity contribution is 1.18. The Morgan fingerprint density at radius 1 is 0.206 bits per heavy atom. The molecule has 0 radical (unpaired) electrons. The van der Waals surface area contributed by atoms with E-state index in [0.717, 1.165) is 22.4 Å². The molecule has 0 fully saturated rings. The Morgan fingerprint density at radius 2 is 0.588 bits per heavy atom. The second-order valence-electron chi connectivity index (χ2n) is 17.6. The number of benzene rings is 11. The van der Waals surface area contributed by atoms with Gasteiger partial charge in [-0.2, -0.15) is 0 Å². The Morgan fingerprint density at radius 3 is 1.16 bits per heavy atom. The van der Waals surface area contributed by atoms with Crippen molar-refractivity contribution in [3.8, 4) is 78.1 Å². The fourth-order valence-corrected chi connectivity index (χ4v) is 10.5. The van der Waals surface area contributed by atoms with Gasteiger partial charge in [0.15, 0.2) is 0 Å². The quantitative estimate of drug-likeness (QED) is 0.144. The minimum Gasteiger partial charge on any atom is -0.309 e. The summed E-state index contributed by atoms with van der Waals surface area (Å²) < 4.78 is 4.93. The minimum absolute atomic E-state index is 1.13. The zero-order valence-corrected chi connectivity index (χ0v) is 37.3. The van der Waals surface area contributed by atoms with E-state index in [0.29, 0.717) is 0 Å². The van der Waals surface area contributed by atoms with Gasteiger partial charge in [-0.15, -0.1) is 0 Å². The first-order valence-electron chi connectivity index (χ1n) is 23.4. The highest BCUT2D eigenvalue weighted by atomic mass is 15.0. The maximum absolute atomic E-state index is 2.49. The van der Waals surface area contributed by atoms with Crippen LogP contribution in [0.2, 0.25) is 0 Å². The lowest BCUT2D eigenvalue weighted by atomic mass is 9.92. The molecule has 13 rings (SSSR count). The Labute approximate surface area is 395 Å². The van der Waals surface area contributed by atoms with Crippen LogP contribution >= 0.6 is 0 Å². The number of aromatic nitrogens is 2. The summed E-state index contributed by atoms with van der Waals surface area (Å²) in [5.41, 5.74) is 21.4. The van der Waals surface area contributed by atoms with Gasteiger partial charge < -0.3 is 9.13 Å². The van der Waals surface area contributed by atoms with Crippen molar-refractivity contribution in [3.63, 3.8) is 0 Å². The Bertz CT molecular complexity index is 3830. The molecule has 0 spiro atoms. The molecule has 0 unspecified atom stereocenters. The van der Waals surface area contributed by atoms with Gasteiger partial charge in [-0.1, -0.05) is 218 Å². The SMILES string of the molecule is c1ccc(-c2ccc(-c3ccc4c(c3)c3cc(-c5ccc(-c6ccccc6)cc5)ccc3n4-c3ccccc3-c3ccccc3-c3cccc4c5ccccc5n(-c5ccccc5)c34)cc2)cc1. The molecule has 2 heterocycles. The van der Waals surface area contributed by atoms with Gasteiger partial charge in [0.2, 0.25) is 0 Å². The molecule has 0 saturated heterocycles. The Hall–Kier alpha value is -8.98. The molecular formula is C66H44N2. The molecule has 0 bridgehead atoms. The predicted molar refractivity (Wildman–Crippen MR) is 288 cm³/mol. The van der Waals surface area contributed by atoms with E-state index < -0.39 is 0 Å². The van der Waals surface area contributed by atoms with Crippen LogP contribution in [0.25, 0.3) is 122 Å². The van der Waals surface area contributed by atoms with Crippen LogP contribution in [-0.4, -0.2) is 9.13 Å². The minimum atomic E-state index is 1.13. The van der Waals surface area contributed by atoms with Crippen molar-refractivity contribution in [2.45, 2.75) is 0 Å². The average Bonchev–Trinajstić information content (AvgIpc) is 3.94. The highest BCUT2D eigenvalue weighted by Crippen LogP contribution is 2.45. The average molecular weight is 865 g/mol. The number of hydrogen-bond donors (Lipinski definition) is 0. The summed E-state index contributed by atoms with van der Waals surface area (Å²) in [4.78, 5) is 0. The second kappa shape index (κ2) is 16.5. The van der Waals surface area contributed by atoms with Gasteiger partial charge in [0.25, 0.3) is 0 Å². The maximum Gasteiger partial charge on any atom is 0.0619 e. The number of hydrogen-bond acceptors (Lipinski definition) is 0. The first kappa shape index (κ1) is 39.4. The van der Waals surface area contributed by atoms with Gasteiger partial charge in [-0.3, -0.25) is 0 Å². The number of fused-ring (bicyclic) bond motifs is 6. The van der Waals surface area contributed by atoms with E-state index >= 15 is 0 Å². The summed E-state index contributed by atoms with van der Waals surface area (Å²) in [5.74, 6) is 0. The largest absolute Gasteiger partial charge is 0.309 e. The highest BCUT2D eigenvalue weighted by Gasteiger charge is 2.22. The molecule has 2 heteroatoms. The summed E-state index contributed by atoms with van der Waals surface area (Å²) in [5, 5.41) is 4.91. The van der Waals surface area contributed by atoms with Crippen molar-refractivity contribution in [1.82, 2.24) is 9.13 Å². The molecule has 0 atom stereocenters. The topological polar surface area (TPSA) is 9.86 Å². The van der Waals surface area contributed by atoms with Crippen LogP contribution in [0.4, 0.5) is 0 Å². The van der Waals surface area contributed by atoms with Crippen LogP contribution in [-0.2, 0) is 0 Å². The lowest BCUT2D eigenvalue weighted by Gasteiger charge is -2.18. The maximum atomic E-state index is 2.49. The molecule has 0 aliphatic carbocycles. The molecule has 2 aromatic heterocycles. The summed E-state index contributed by atoms with van der Waals surface area (Å²) in [6, 6.07) is 97.5. The number of rotatable bonds is 8. The van der Waals surface area contributed by atoms with Crippen LogP contribution in [0.15, 0.2) is 267 Å². The normalized spacial score (nSPS) is 11.5. The van der Waals surface area contributed by atoms with E-state index in [1.807, 2.05) is 0 Å². The van der Waals surface area contributed by atoms with Crippen molar-refractivity contribution in [3.05, 3.63) is 267 Å². The molecule has 2 nitrogen and oxygen atoms in total. The van der Waals surface area contributed by atoms with Crippen molar-refractivity contribution >= 4 is 43.6 Å². The predicted octanol–water partition coefficient (Wildman–Crippen LogP) is 17.9. The van der Waals surface area contributed by atoms with Crippen LogP contribution in [0.5, 0.6) is 0 Å². The first-order chi connectivity index (χ1) is 33.7. The van der Waals surface area contributed by atoms with E-state index in [2.05, 4.69) is 276 Å². The summed E-state index contributed by atoms with van der Waals surface area (Å²) in [7, 11) is 0. The monoisotopic (exact) mass is 864 g/mol. The molecule has 0 N–H and O–H groups in total. The van der Waals surface area contributed by atoms with Gasteiger partial charge >= 0.3 is 0 Å².